The minimum atomic E-state index is -6.06. The van der Waals surface area contributed by atoms with Crippen molar-refractivity contribution in [3.63, 3.8) is 0 Å². The molecule has 0 fully saturated rings. The first-order valence-corrected chi connectivity index (χ1v) is 6.43. The van der Waals surface area contributed by atoms with Crippen LogP contribution in [0, 0.1) is 0 Å². The maximum Gasteiger partial charge on any atom is 0.490 e. The molecule has 0 aliphatic heterocycles. The van der Waals surface area contributed by atoms with Crippen molar-refractivity contribution in [1.29, 1.82) is 0 Å². The molecule has 16 heteroatoms. The van der Waals surface area contributed by atoms with Crippen LogP contribution in [0.1, 0.15) is 26.7 Å². The van der Waals surface area contributed by atoms with Crippen molar-refractivity contribution in [1.82, 2.24) is 10.1 Å². The van der Waals surface area contributed by atoms with Crippen LogP contribution in [0.4, 0.5) is 52.7 Å². The molecule has 0 spiro atoms. The van der Waals surface area contributed by atoms with E-state index in [2.05, 4.69) is 9.68 Å². The quantitative estimate of drug-likeness (QED) is 0.326. The summed E-state index contributed by atoms with van der Waals surface area (Å²) in [7, 11) is 0. The molecule has 26 heavy (non-hydrogen) atoms. The number of rotatable bonds is 7. The lowest BCUT2D eigenvalue weighted by Gasteiger charge is -2.36. The molecule has 0 aromatic carbocycles. The normalized spacial score (nSPS) is 17.1. The summed E-state index contributed by atoms with van der Waals surface area (Å²) in [6.07, 6.45) is -26.0. The highest BCUT2D eigenvalue weighted by Crippen LogP contribution is 2.38. The Morgan fingerprint density at radius 1 is 0.654 bits per heavy atom. The van der Waals surface area contributed by atoms with Crippen LogP contribution in [-0.2, 0) is 9.68 Å². The van der Waals surface area contributed by atoms with E-state index < -0.39 is 60.4 Å². The van der Waals surface area contributed by atoms with Crippen molar-refractivity contribution in [3.8, 4) is 0 Å². The van der Waals surface area contributed by atoms with Crippen LogP contribution in [-0.4, -0.2) is 47.5 Å². The van der Waals surface area contributed by atoms with E-state index in [4.69, 9.17) is 0 Å². The van der Waals surface area contributed by atoms with Gasteiger partial charge in [-0.25, -0.2) is 0 Å². The molecule has 0 radical (unpaired) electrons. The molecule has 0 aliphatic rings. The van der Waals surface area contributed by atoms with E-state index in [1.807, 2.05) is 0 Å². The number of nitrogens with zero attached hydrogens (tertiary/aromatic N) is 2. The number of hydrogen-bond donors (Lipinski definition) is 0. The summed E-state index contributed by atoms with van der Waals surface area (Å²) in [4.78, 5) is 7.24. The highest BCUT2D eigenvalue weighted by atomic mass is 19.4. The lowest BCUT2D eigenvalue weighted by atomic mass is 10.00. The van der Waals surface area contributed by atoms with Gasteiger partial charge in [-0.3, -0.25) is 9.68 Å². The molecule has 0 aromatic rings. The lowest BCUT2D eigenvalue weighted by Crippen LogP contribution is -2.53. The van der Waals surface area contributed by atoms with Crippen molar-refractivity contribution < 1.29 is 62.4 Å². The molecule has 0 N–H and O–H groups in total. The minimum Gasteiger partial charge on any atom is -0.284 e. The Morgan fingerprint density at radius 2 is 1.00 bits per heavy atom. The van der Waals surface area contributed by atoms with Crippen molar-refractivity contribution in [3.05, 3.63) is 0 Å². The summed E-state index contributed by atoms with van der Waals surface area (Å²) in [6, 6.07) is 0. The zero-order chi connectivity index (χ0) is 21.2. The van der Waals surface area contributed by atoms with Crippen molar-refractivity contribution in [2.45, 2.75) is 57.5 Å². The summed E-state index contributed by atoms with van der Waals surface area (Å²) in [5.74, 6) is 0. The van der Waals surface area contributed by atoms with E-state index in [9.17, 15) is 52.7 Å². The van der Waals surface area contributed by atoms with Gasteiger partial charge in [0.25, 0.3) is 0 Å². The van der Waals surface area contributed by atoms with Gasteiger partial charge < -0.3 is 0 Å². The smallest absolute Gasteiger partial charge is 0.284 e. The largest absolute Gasteiger partial charge is 0.490 e. The zero-order valence-corrected chi connectivity index (χ0v) is 12.9. The molecule has 0 heterocycles. The molecule has 0 aliphatic carbocycles. The zero-order valence-electron chi connectivity index (χ0n) is 12.9. The van der Waals surface area contributed by atoms with Crippen LogP contribution < -0.4 is 0 Å². The van der Waals surface area contributed by atoms with E-state index in [0.29, 0.717) is 6.92 Å². The lowest BCUT2D eigenvalue weighted by molar-refractivity contribution is -0.506. The highest BCUT2D eigenvalue weighted by Gasteiger charge is 2.58. The molecule has 4 nitrogen and oxygen atoms in total. The van der Waals surface area contributed by atoms with Gasteiger partial charge in [0.1, 0.15) is 0 Å². The summed E-state index contributed by atoms with van der Waals surface area (Å²) >= 11 is 0. The van der Waals surface area contributed by atoms with Crippen LogP contribution in [0.2, 0.25) is 0 Å². The van der Waals surface area contributed by atoms with Crippen LogP contribution >= 0.6 is 0 Å². The minimum absolute atomic E-state index is 0.628. The highest BCUT2D eigenvalue weighted by molar-refractivity contribution is 4.74. The Morgan fingerprint density at radius 3 is 1.27 bits per heavy atom. The van der Waals surface area contributed by atoms with Gasteiger partial charge in [0.05, 0.1) is 12.2 Å². The number of halogens is 12. The van der Waals surface area contributed by atoms with E-state index >= 15 is 0 Å². The molecular formula is C10H12F12N2O2. The molecule has 0 aromatic heterocycles. The molecule has 0 rings (SSSR count). The Hall–Kier alpha value is -1.00. The fraction of sp³-hybridized carbons (Fsp3) is 1.00. The van der Waals surface area contributed by atoms with Gasteiger partial charge in [-0.1, -0.05) is 6.92 Å². The van der Waals surface area contributed by atoms with Crippen molar-refractivity contribution in [2.75, 3.05) is 6.61 Å². The molecule has 0 bridgehead atoms. The molecule has 0 saturated heterocycles. The maximum absolute atomic E-state index is 12.4. The molecule has 1 atom stereocenters. The van der Waals surface area contributed by atoms with Gasteiger partial charge in [-0.2, -0.15) is 52.7 Å². The van der Waals surface area contributed by atoms with Crippen molar-refractivity contribution >= 4 is 0 Å². The summed E-state index contributed by atoms with van der Waals surface area (Å²) in [6.45, 7) is 0.107. The van der Waals surface area contributed by atoms with Gasteiger partial charge in [-0.15, -0.1) is 0 Å². The molecule has 158 valence electrons. The third-order valence-electron chi connectivity index (χ3n) is 2.83. The standard InChI is InChI=1S/C10H12F12N2O2/c1-3-6(2,26-24(9(17,18)19)10(20,21)22)4-5-25-23(7(11,12)13)8(14,15)16/h3-5H2,1-2H3. The van der Waals surface area contributed by atoms with Crippen LogP contribution in [0.25, 0.3) is 0 Å². The first-order chi connectivity index (χ1) is 11.2. The summed E-state index contributed by atoms with van der Waals surface area (Å²) < 4.78 is 147. The fourth-order valence-electron chi connectivity index (χ4n) is 1.40. The SMILES string of the molecule is CCC(C)(CCON(C(F)(F)F)C(F)(F)F)ON(C(F)(F)F)C(F)(F)F. The Balaban J connectivity index is 5.18. The third-order valence-corrected chi connectivity index (χ3v) is 2.83. The third kappa shape index (κ3) is 7.71. The predicted molar refractivity (Wildman–Crippen MR) is 58.2 cm³/mol. The monoisotopic (exact) mass is 420 g/mol. The first-order valence-electron chi connectivity index (χ1n) is 6.43. The average molecular weight is 420 g/mol. The van der Waals surface area contributed by atoms with Gasteiger partial charge in [-0.05, 0) is 13.3 Å². The maximum atomic E-state index is 12.4. The van der Waals surface area contributed by atoms with Crippen molar-refractivity contribution in [2.24, 2.45) is 0 Å². The number of hydroxylamine groups is 4. The Kier molecular flexibility index (Phi) is 7.63. The predicted octanol–water partition coefficient (Wildman–Crippen LogP) is 5.09. The summed E-state index contributed by atoms with van der Waals surface area (Å²) in [5.41, 5.74) is -2.44. The van der Waals surface area contributed by atoms with E-state index in [1.165, 1.54) is 0 Å². The second kappa shape index (κ2) is 7.93. The van der Waals surface area contributed by atoms with Gasteiger partial charge in [0.2, 0.25) is 0 Å². The molecular weight excluding hydrogens is 408 g/mol. The second-order valence-electron chi connectivity index (χ2n) is 4.94. The van der Waals surface area contributed by atoms with Crippen LogP contribution in [0.15, 0.2) is 0 Å². The van der Waals surface area contributed by atoms with Crippen LogP contribution in [0.3, 0.4) is 0 Å². The summed E-state index contributed by atoms with van der Waals surface area (Å²) in [5, 5.41) is -4.63. The fourth-order valence-corrected chi connectivity index (χ4v) is 1.40. The van der Waals surface area contributed by atoms with Gasteiger partial charge in [0, 0.05) is 16.5 Å². The number of alkyl halides is 12. The van der Waals surface area contributed by atoms with E-state index in [-0.39, 0.29) is 0 Å². The van der Waals surface area contributed by atoms with E-state index in [0.717, 1.165) is 6.92 Å². The Bertz CT molecular complexity index is 415. The topological polar surface area (TPSA) is 24.9 Å². The van der Waals surface area contributed by atoms with Crippen LogP contribution in [0.5, 0.6) is 0 Å². The Labute approximate surface area is 138 Å². The van der Waals surface area contributed by atoms with E-state index in [1.54, 1.807) is 0 Å². The second-order valence-corrected chi connectivity index (χ2v) is 4.94. The average Bonchev–Trinajstić information content (AvgIpc) is 2.35. The number of hydrogen-bond acceptors (Lipinski definition) is 4. The molecule has 0 saturated carbocycles. The van der Waals surface area contributed by atoms with Gasteiger partial charge in [0.15, 0.2) is 0 Å². The molecule has 0 amide bonds. The first kappa shape index (κ1) is 25.0. The molecule has 1 unspecified atom stereocenters. The van der Waals surface area contributed by atoms with Gasteiger partial charge >= 0.3 is 25.2 Å².